The number of amides is 1. The Labute approximate surface area is 91.3 Å². The van der Waals surface area contributed by atoms with E-state index in [9.17, 15) is 9.90 Å². The van der Waals surface area contributed by atoms with E-state index in [1.54, 1.807) is 0 Å². The smallest absolute Gasteiger partial charge is 0.237 e. The van der Waals surface area contributed by atoms with Gasteiger partial charge >= 0.3 is 0 Å². The van der Waals surface area contributed by atoms with Gasteiger partial charge in [0.15, 0.2) is 0 Å². The quantitative estimate of drug-likeness (QED) is 0.691. The molecule has 2 N–H and O–H groups in total. The van der Waals surface area contributed by atoms with Gasteiger partial charge in [0.2, 0.25) is 5.91 Å². The molecule has 0 rings (SSSR count). The molecule has 2 unspecified atom stereocenters. The molecule has 0 saturated carbocycles. The zero-order valence-corrected chi connectivity index (χ0v) is 9.66. The molecule has 0 spiro atoms. The molecule has 0 aliphatic rings. The number of aliphatic hydroxyl groups is 1. The van der Waals surface area contributed by atoms with Crippen molar-refractivity contribution in [1.29, 1.82) is 5.26 Å². The molecule has 1 amide bonds. The first-order valence-corrected chi connectivity index (χ1v) is 5.38. The Bertz CT molecular complexity index is 233. The molecular weight excluding hydrogens is 192 g/mol. The number of carbonyl (C=O) groups is 1. The maximum Gasteiger partial charge on any atom is 0.237 e. The van der Waals surface area contributed by atoms with Crippen LogP contribution in [-0.4, -0.2) is 23.7 Å². The van der Waals surface area contributed by atoms with Gasteiger partial charge in [-0.05, 0) is 18.8 Å². The van der Waals surface area contributed by atoms with Crippen molar-refractivity contribution in [3.63, 3.8) is 0 Å². The van der Waals surface area contributed by atoms with E-state index in [-0.39, 0.29) is 17.9 Å². The second kappa shape index (κ2) is 7.24. The molecule has 4 heteroatoms. The monoisotopic (exact) mass is 212 g/mol. The number of nitrogens with zero attached hydrogens (tertiary/aromatic N) is 1. The molecule has 0 aromatic rings. The van der Waals surface area contributed by atoms with Crippen molar-refractivity contribution < 1.29 is 9.90 Å². The van der Waals surface area contributed by atoms with Crippen LogP contribution in [0.4, 0.5) is 0 Å². The Morgan fingerprint density at radius 1 is 1.53 bits per heavy atom. The number of hydrogen-bond acceptors (Lipinski definition) is 3. The molecular formula is C11H20N2O2. The summed E-state index contributed by atoms with van der Waals surface area (Å²) in [5.74, 6) is -0.814. The third kappa shape index (κ3) is 5.38. The van der Waals surface area contributed by atoms with E-state index in [1.165, 1.54) is 0 Å². The summed E-state index contributed by atoms with van der Waals surface area (Å²) in [5, 5.41) is 20.7. The van der Waals surface area contributed by atoms with Crippen molar-refractivity contribution in [2.24, 2.45) is 11.8 Å². The Kier molecular flexibility index (Phi) is 6.72. The first-order valence-electron chi connectivity index (χ1n) is 5.38. The fourth-order valence-electron chi connectivity index (χ4n) is 1.19. The van der Waals surface area contributed by atoms with E-state index in [0.29, 0.717) is 19.4 Å². The van der Waals surface area contributed by atoms with E-state index < -0.39 is 5.92 Å². The van der Waals surface area contributed by atoms with E-state index >= 15 is 0 Å². The van der Waals surface area contributed by atoms with Crippen molar-refractivity contribution >= 4 is 5.91 Å². The van der Waals surface area contributed by atoms with Gasteiger partial charge in [-0.1, -0.05) is 20.8 Å². The average Bonchev–Trinajstić information content (AvgIpc) is 2.17. The summed E-state index contributed by atoms with van der Waals surface area (Å²) in [7, 11) is 0. The summed E-state index contributed by atoms with van der Waals surface area (Å²) >= 11 is 0. The fraction of sp³-hybridized carbons (Fsp3) is 0.818. The van der Waals surface area contributed by atoms with Gasteiger partial charge in [-0.15, -0.1) is 0 Å². The molecule has 0 fully saturated rings. The summed E-state index contributed by atoms with van der Waals surface area (Å²) in [6.45, 7) is 6.00. The van der Waals surface area contributed by atoms with Gasteiger partial charge in [0.05, 0.1) is 12.2 Å². The number of carbonyl (C=O) groups excluding carboxylic acids is 1. The van der Waals surface area contributed by atoms with Gasteiger partial charge in [0.25, 0.3) is 0 Å². The Morgan fingerprint density at radius 3 is 2.53 bits per heavy atom. The van der Waals surface area contributed by atoms with E-state index in [2.05, 4.69) is 5.32 Å². The molecule has 4 nitrogen and oxygen atoms in total. The van der Waals surface area contributed by atoms with Gasteiger partial charge in [-0.3, -0.25) is 4.79 Å². The normalized spacial score (nSPS) is 14.4. The van der Waals surface area contributed by atoms with Crippen LogP contribution >= 0.6 is 0 Å². The largest absolute Gasteiger partial charge is 0.393 e. The number of nitriles is 1. The van der Waals surface area contributed by atoms with Crippen molar-refractivity contribution in [2.45, 2.75) is 39.7 Å². The average molecular weight is 212 g/mol. The van der Waals surface area contributed by atoms with Crippen LogP contribution in [0.25, 0.3) is 0 Å². The first-order chi connectivity index (χ1) is 7.02. The predicted molar refractivity (Wildman–Crippen MR) is 57.9 cm³/mol. The zero-order chi connectivity index (χ0) is 11.8. The van der Waals surface area contributed by atoms with Gasteiger partial charge in [-0.2, -0.15) is 5.26 Å². The SMILES string of the molecule is CCC(O)CCNC(=O)C(C#N)C(C)C. The third-order valence-corrected chi connectivity index (χ3v) is 2.34. The lowest BCUT2D eigenvalue weighted by atomic mass is 9.96. The molecule has 0 saturated heterocycles. The molecule has 0 bridgehead atoms. The Morgan fingerprint density at radius 2 is 2.13 bits per heavy atom. The van der Waals surface area contributed by atoms with Gasteiger partial charge in [0.1, 0.15) is 5.92 Å². The minimum Gasteiger partial charge on any atom is -0.393 e. The Hall–Kier alpha value is -1.08. The highest BCUT2D eigenvalue weighted by molar-refractivity contribution is 5.81. The van der Waals surface area contributed by atoms with Crippen LogP contribution in [0.2, 0.25) is 0 Å². The Balaban J connectivity index is 3.88. The highest BCUT2D eigenvalue weighted by atomic mass is 16.3. The van der Waals surface area contributed by atoms with E-state index in [4.69, 9.17) is 5.26 Å². The maximum absolute atomic E-state index is 11.5. The van der Waals surface area contributed by atoms with E-state index in [0.717, 1.165) is 0 Å². The molecule has 0 aliphatic carbocycles. The summed E-state index contributed by atoms with van der Waals surface area (Å²) in [6.07, 6.45) is 0.852. The first kappa shape index (κ1) is 13.9. The lowest BCUT2D eigenvalue weighted by Gasteiger charge is -2.14. The van der Waals surface area contributed by atoms with E-state index in [1.807, 2.05) is 26.8 Å². The van der Waals surface area contributed by atoms with Crippen LogP contribution in [0.1, 0.15) is 33.6 Å². The highest BCUT2D eigenvalue weighted by Gasteiger charge is 2.20. The summed E-state index contributed by atoms with van der Waals surface area (Å²) in [6, 6.07) is 1.98. The number of aliphatic hydroxyl groups excluding tert-OH is 1. The topological polar surface area (TPSA) is 73.1 Å². The molecule has 15 heavy (non-hydrogen) atoms. The summed E-state index contributed by atoms with van der Waals surface area (Å²) in [5.41, 5.74) is 0. The van der Waals surface area contributed by atoms with Crippen molar-refractivity contribution in [2.75, 3.05) is 6.54 Å². The van der Waals surface area contributed by atoms with Crippen LogP contribution in [0.3, 0.4) is 0 Å². The third-order valence-electron chi connectivity index (χ3n) is 2.34. The van der Waals surface area contributed by atoms with Crippen molar-refractivity contribution in [3.05, 3.63) is 0 Å². The highest BCUT2D eigenvalue weighted by Crippen LogP contribution is 2.09. The summed E-state index contributed by atoms with van der Waals surface area (Å²) in [4.78, 5) is 11.5. The molecule has 0 radical (unpaired) electrons. The van der Waals surface area contributed by atoms with Crippen LogP contribution < -0.4 is 5.32 Å². The number of nitrogens with one attached hydrogen (secondary N) is 1. The lowest BCUT2D eigenvalue weighted by Crippen LogP contribution is -2.34. The second-order valence-corrected chi connectivity index (χ2v) is 3.99. The van der Waals surface area contributed by atoms with Crippen LogP contribution in [0.5, 0.6) is 0 Å². The molecule has 0 aromatic carbocycles. The zero-order valence-electron chi connectivity index (χ0n) is 9.66. The summed E-state index contributed by atoms with van der Waals surface area (Å²) < 4.78 is 0. The van der Waals surface area contributed by atoms with Crippen LogP contribution in [0, 0.1) is 23.2 Å². The molecule has 0 heterocycles. The minimum absolute atomic E-state index is 0.0195. The number of hydrogen-bond donors (Lipinski definition) is 2. The second-order valence-electron chi connectivity index (χ2n) is 3.99. The molecule has 0 aliphatic heterocycles. The molecule has 0 aromatic heterocycles. The van der Waals surface area contributed by atoms with Crippen molar-refractivity contribution in [1.82, 2.24) is 5.32 Å². The van der Waals surface area contributed by atoms with Gasteiger partial charge in [-0.25, -0.2) is 0 Å². The standard InChI is InChI=1S/C11H20N2O2/c1-4-9(14)5-6-13-11(15)10(7-12)8(2)3/h8-10,14H,4-6H2,1-3H3,(H,13,15). The predicted octanol–water partition coefficient (Wildman–Crippen LogP) is 1.06. The van der Waals surface area contributed by atoms with Gasteiger partial charge in [0, 0.05) is 6.54 Å². The molecule has 86 valence electrons. The fourth-order valence-corrected chi connectivity index (χ4v) is 1.19. The molecule has 2 atom stereocenters. The number of rotatable bonds is 6. The van der Waals surface area contributed by atoms with Gasteiger partial charge < -0.3 is 10.4 Å². The van der Waals surface area contributed by atoms with Crippen molar-refractivity contribution in [3.8, 4) is 6.07 Å². The van der Waals surface area contributed by atoms with Crippen LogP contribution in [-0.2, 0) is 4.79 Å². The van der Waals surface area contributed by atoms with Crippen LogP contribution in [0.15, 0.2) is 0 Å². The maximum atomic E-state index is 11.5. The minimum atomic E-state index is -0.594. The lowest BCUT2D eigenvalue weighted by molar-refractivity contribution is -0.124.